The number of amides is 1. The summed E-state index contributed by atoms with van der Waals surface area (Å²) >= 11 is 0. The van der Waals surface area contributed by atoms with Crippen LogP contribution in [0.2, 0.25) is 0 Å². The monoisotopic (exact) mass is 361 g/mol. The van der Waals surface area contributed by atoms with Crippen LogP contribution in [0.1, 0.15) is 33.9 Å². The van der Waals surface area contributed by atoms with Gasteiger partial charge in [-0.1, -0.05) is 11.6 Å². The lowest BCUT2D eigenvalue weighted by Gasteiger charge is -2.20. The Kier molecular flexibility index (Phi) is 6.16. The smallest absolute Gasteiger partial charge is 0.305 e. The van der Waals surface area contributed by atoms with E-state index in [4.69, 9.17) is 9.47 Å². The van der Waals surface area contributed by atoms with Gasteiger partial charge in [-0.2, -0.15) is 0 Å². The van der Waals surface area contributed by atoms with Crippen molar-refractivity contribution in [3.05, 3.63) is 58.9 Å². The lowest BCUT2D eigenvalue weighted by atomic mass is 10.0. The van der Waals surface area contributed by atoms with Gasteiger partial charge >= 0.3 is 5.97 Å². The third-order valence-corrected chi connectivity index (χ3v) is 3.87. The van der Waals surface area contributed by atoms with Gasteiger partial charge in [0.1, 0.15) is 17.3 Å². The van der Waals surface area contributed by atoms with Crippen LogP contribution >= 0.6 is 0 Å². The van der Waals surface area contributed by atoms with Crippen molar-refractivity contribution in [3.8, 4) is 11.5 Å². The fraction of sp³-hybridized carbons (Fsp3) is 0.263. The van der Waals surface area contributed by atoms with Crippen LogP contribution in [0.25, 0.3) is 0 Å². The zero-order chi connectivity index (χ0) is 19.3. The van der Waals surface area contributed by atoms with Crippen molar-refractivity contribution in [1.29, 1.82) is 0 Å². The van der Waals surface area contributed by atoms with Crippen molar-refractivity contribution in [3.63, 3.8) is 0 Å². The van der Waals surface area contributed by atoms with Crippen LogP contribution in [0.15, 0.2) is 36.4 Å². The molecule has 2 aromatic rings. The highest BCUT2D eigenvalue weighted by atomic mass is 19.1. The molecule has 1 atom stereocenters. The van der Waals surface area contributed by atoms with Crippen molar-refractivity contribution < 1.29 is 28.6 Å². The summed E-state index contributed by atoms with van der Waals surface area (Å²) in [7, 11) is 2.92. The number of methoxy groups -OCH3 is 2. The van der Waals surface area contributed by atoms with Crippen LogP contribution in [0.4, 0.5) is 4.39 Å². The lowest BCUT2D eigenvalue weighted by molar-refractivity contribution is -0.137. The number of ether oxygens (including phenoxy) is 2. The highest BCUT2D eigenvalue weighted by Crippen LogP contribution is 2.31. The van der Waals surface area contributed by atoms with Gasteiger partial charge in [0.15, 0.2) is 0 Å². The average molecular weight is 361 g/mol. The molecule has 0 aliphatic heterocycles. The molecule has 1 unspecified atom stereocenters. The van der Waals surface area contributed by atoms with E-state index in [1.165, 1.54) is 26.4 Å². The number of hydrogen-bond acceptors (Lipinski definition) is 4. The van der Waals surface area contributed by atoms with Gasteiger partial charge in [-0.3, -0.25) is 9.59 Å². The molecule has 26 heavy (non-hydrogen) atoms. The Morgan fingerprint density at radius 1 is 1.15 bits per heavy atom. The first-order valence-electron chi connectivity index (χ1n) is 7.86. The summed E-state index contributed by atoms with van der Waals surface area (Å²) in [5.74, 6) is -1.60. The summed E-state index contributed by atoms with van der Waals surface area (Å²) in [6.07, 6.45) is -0.387. The average Bonchev–Trinajstić information content (AvgIpc) is 2.62. The van der Waals surface area contributed by atoms with Crippen molar-refractivity contribution >= 4 is 11.9 Å². The van der Waals surface area contributed by atoms with Gasteiger partial charge in [-0.15, -0.1) is 0 Å². The molecule has 6 nitrogen and oxygen atoms in total. The Morgan fingerprint density at radius 2 is 1.88 bits per heavy atom. The maximum atomic E-state index is 14.0. The van der Waals surface area contributed by atoms with Gasteiger partial charge in [0.05, 0.1) is 32.2 Å². The molecule has 0 bridgehead atoms. The lowest BCUT2D eigenvalue weighted by Crippen LogP contribution is -2.31. The number of carbonyl (C=O) groups is 2. The Bertz CT molecular complexity index is 822. The normalized spacial score (nSPS) is 11.5. The molecule has 2 N–H and O–H groups in total. The van der Waals surface area contributed by atoms with Crippen LogP contribution in [0, 0.1) is 12.7 Å². The second-order valence-corrected chi connectivity index (χ2v) is 5.72. The zero-order valence-corrected chi connectivity index (χ0v) is 14.7. The van der Waals surface area contributed by atoms with Crippen LogP contribution in [0.5, 0.6) is 11.5 Å². The predicted octanol–water partition coefficient (Wildman–Crippen LogP) is 3.10. The highest BCUT2D eigenvalue weighted by Gasteiger charge is 2.24. The quantitative estimate of drug-likeness (QED) is 0.792. The standard InChI is InChI=1S/C19H20FNO5/c1-11-4-7-15(20)14(8-11)19(24)21-16(10-18(22)23)13-6-5-12(25-2)9-17(13)26-3/h4-9,16H,10H2,1-3H3,(H,21,24)(H,22,23). The first-order valence-corrected chi connectivity index (χ1v) is 7.86. The van der Waals surface area contributed by atoms with Crippen LogP contribution < -0.4 is 14.8 Å². The molecule has 0 aromatic heterocycles. The van der Waals surface area contributed by atoms with E-state index in [9.17, 15) is 19.1 Å². The van der Waals surface area contributed by atoms with E-state index in [-0.39, 0.29) is 12.0 Å². The zero-order valence-electron chi connectivity index (χ0n) is 14.7. The molecule has 0 saturated carbocycles. The predicted molar refractivity (Wildman–Crippen MR) is 93.1 cm³/mol. The maximum absolute atomic E-state index is 14.0. The number of carbonyl (C=O) groups excluding carboxylic acids is 1. The molecule has 1 amide bonds. The highest BCUT2D eigenvalue weighted by molar-refractivity contribution is 5.95. The number of aliphatic carboxylic acids is 1. The van der Waals surface area contributed by atoms with Crippen LogP contribution in [-0.2, 0) is 4.79 Å². The molecule has 0 aliphatic rings. The number of aryl methyl sites for hydroxylation is 1. The largest absolute Gasteiger partial charge is 0.497 e. The number of carboxylic acid groups (broad SMARTS) is 1. The number of rotatable bonds is 7. The summed E-state index contributed by atoms with van der Waals surface area (Å²) < 4.78 is 24.4. The summed E-state index contributed by atoms with van der Waals surface area (Å²) in [6, 6.07) is 8.08. The molecule has 7 heteroatoms. The first-order chi connectivity index (χ1) is 12.3. The molecule has 0 fully saturated rings. The third kappa shape index (κ3) is 4.50. The van der Waals surface area contributed by atoms with Crippen molar-refractivity contribution in [2.75, 3.05) is 14.2 Å². The van der Waals surface area contributed by atoms with E-state index in [2.05, 4.69) is 5.32 Å². The minimum absolute atomic E-state index is 0.145. The van der Waals surface area contributed by atoms with Gasteiger partial charge in [0, 0.05) is 11.6 Å². The summed E-state index contributed by atoms with van der Waals surface area (Å²) in [6.45, 7) is 1.73. The van der Waals surface area contributed by atoms with Crippen molar-refractivity contribution in [1.82, 2.24) is 5.32 Å². The van der Waals surface area contributed by atoms with E-state index in [0.29, 0.717) is 22.6 Å². The molecule has 0 aliphatic carbocycles. The van der Waals surface area contributed by atoms with Gasteiger partial charge in [-0.25, -0.2) is 4.39 Å². The van der Waals surface area contributed by atoms with Gasteiger partial charge in [0.25, 0.3) is 5.91 Å². The first kappa shape index (κ1) is 19.2. The number of nitrogens with one attached hydrogen (secondary N) is 1. The second-order valence-electron chi connectivity index (χ2n) is 5.72. The van der Waals surface area contributed by atoms with Crippen LogP contribution in [-0.4, -0.2) is 31.2 Å². The Balaban J connectivity index is 2.37. The minimum atomic E-state index is -1.11. The molecule has 2 rings (SSSR count). The molecular formula is C19H20FNO5. The van der Waals surface area contributed by atoms with Crippen molar-refractivity contribution in [2.24, 2.45) is 0 Å². The van der Waals surface area contributed by atoms with E-state index >= 15 is 0 Å². The van der Waals surface area contributed by atoms with E-state index in [1.54, 1.807) is 31.2 Å². The van der Waals surface area contributed by atoms with Crippen LogP contribution in [0.3, 0.4) is 0 Å². The molecule has 2 aromatic carbocycles. The number of hydrogen-bond donors (Lipinski definition) is 2. The molecule has 0 saturated heterocycles. The van der Waals surface area contributed by atoms with E-state index in [1.807, 2.05) is 0 Å². The van der Waals surface area contributed by atoms with Gasteiger partial charge in [-0.05, 0) is 31.2 Å². The SMILES string of the molecule is COc1ccc(C(CC(=O)O)NC(=O)c2cc(C)ccc2F)c(OC)c1. The Labute approximate surface area is 150 Å². The summed E-state index contributed by atoms with van der Waals surface area (Å²) in [4.78, 5) is 23.8. The Morgan fingerprint density at radius 3 is 2.50 bits per heavy atom. The molecule has 0 heterocycles. The molecule has 0 spiro atoms. The van der Waals surface area contributed by atoms with Crippen molar-refractivity contribution in [2.45, 2.75) is 19.4 Å². The second kappa shape index (κ2) is 8.33. The number of carboxylic acids is 1. The maximum Gasteiger partial charge on any atom is 0.305 e. The number of halogens is 1. The van der Waals surface area contributed by atoms with E-state index in [0.717, 1.165) is 0 Å². The number of benzene rings is 2. The minimum Gasteiger partial charge on any atom is -0.497 e. The van der Waals surface area contributed by atoms with E-state index < -0.39 is 23.7 Å². The van der Waals surface area contributed by atoms with Gasteiger partial charge < -0.3 is 19.9 Å². The summed E-state index contributed by atoms with van der Waals surface area (Å²) in [5, 5.41) is 11.8. The third-order valence-electron chi connectivity index (χ3n) is 3.87. The summed E-state index contributed by atoms with van der Waals surface area (Å²) in [5.41, 5.74) is 1.03. The fourth-order valence-electron chi connectivity index (χ4n) is 2.57. The molecule has 0 radical (unpaired) electrons. The molecular weight excluding hydrogens is 341 g/mol. The molecule has 138 valence electrons. The fourth-order valence-corrected chi connectivity index (χ4v) is 2.57. The van der Waals surface area contributed by atoms with Gasteiger partial charge in [0.2, 0.25) is 0 Å². The Hall–Kier alpha value is -3.09. The topological polar surface area (TPSA) is 84.9 Å².